The maximum Gasteiger partial charge on any atom is 0.305 e. The lowest BCUT2D eigenvalue weighted by Crippen LogP contribution is -2.25. The normalized spacial score (nSPS) is 11.9. The summed E-state index contributed by atoms with van der Waals surface area (Å²) >= 11 is 0. The molecule has 0 rings (SSSR count). The van der Waals surface area contributed by atoms with Crippen LogP contribution in [0.3, 0.4) is 0 Å². The number of rotatable bonds is 39. The summed E-state index contributed by atoms with van der Waals surface area (Å²) in [5.74, 6) is -1.28. The maximum absolute atomic E-state index is 12.5. The molecule has 0 aliphatic heterocycles. The van der Waals surface area contributed by atoms with Gasteiger partial charge in [-0.05, 0) is 32.1 Å². The predicted octanol–water partition coefficient (Wildman–Crippen LogP) is 10.2. The van der Waals surface area contributed by atoms with Crippen molar-refractivity contribution in [3.05, 3.63) is 0 Å². The second kappa shape index (κ2) is 38.5. The van der Waals surface area contributed by atoms with Crippen molar-refractivity contribution in [2.75, 3.05) is 39.6 Å². The zero-order valence-electron chi connectivity index (χ0n) is 32.7. The van der Waals surface area contributed by atoms with Crippen molar-refractivity contribution in [2.24, 2.45) is 5.92 Å². The SMILES string of the molecule is CCCCCCCCOC(=O)CCCCCCCC(=O)OCC(CO)COC(=O)CCC(OCCCCCCCC)OCCCCCCCC. The van der Waals surface area contributed by atoms with Crippen LogP contribution in [0.1, 0.15) is 194 Å². The summed E-state index contributed by atoms with van der Waals surface area (Å²) in [5, 5.41) is 9.73. The average molecular weight is 715 g/mol. The molecule has 0 saturated heterocycles. The first-order valence-corrected chi connectivity index (χ1v) is 20.8. The first-order chi connectivity index (χ1) is 24.5. The number of hydrogen-bond acceptors (Lipinski definition) is 9. The van der Waals surface area contributed by atoms with Gasteiger partial charge >= 0.3 is 17.9 Å². The molecule has 1 unspecified atom stereocenters. The van der Waals surface area contributed by atoms with Crippen LogP contribution in [-0.2, 0) is 38.1 Å². The number of hydrogen-bond donors (Lipinski definition) is 1. The van der Waals surface area contributed by atoms with Crippen LogP contribution in [0.5, 0.6) is 0 Å². The molecule has 9 heteroatoms. The molecule has 0 amide bonds. The highest BCUT2D eigenvalue weighted by atomic mass is 16.7. The van der Waals surface area contributed by atoms with Gasteiger partial charge in [0.15, 0.2) is 6.29 Å². The van der Waals surface area contributed by atoms with Crippen LogP contribution in [-0.4, -0.2) is 68.9 Å². The molecule has 0 radical (unpaired) electrons. The van der Waals surface area contributed by atoms with E-state index < -0.39 is 12.2 Å². The summed E-state index contributed by atoms with van der Waals surface area (Å²) in [6.45, 7) is 8.16. The lowest BCUT2D eigenvalue weighted by Gasteiger charge is -2.19. The minimum atomic E-state index is -0.465. The number of unbranched alkanes of at least 4 members (excludes halogenated alkanes) is 19. The molecule has 1 atom stereocenters. The van der Waals surface area contributed by atoms with E-state index in [1.807, 2.05) is 0 Å². The van der Waals surface area contributed by atoms with Gasteiger partial charge in [-0.3, -0.25) is 14.4 Å². The zero-order valence-corrected chi connectivity index (χ0v) is 32.7. The Morgan fingerprint density at radius 3 is 1.24 bits per heavy atom. The van der Waals surface area contributed by atoms with Crippen molar-refractivity contribution in [3.63, 3.8) is 0 Å². The topological polar surface area (TPSA) is 118 Å². The molecule has 296 valence electrons. The highest BCUT2D eigenvalue weighted by Crippen LogP contribution is 2.13. The second-order valence-electron chi connectivity index (χ2n) is 13.9. The predicted molar refractivity (Wildman–Crippen MR) is 201 cm³/mol. The van der Waals surface area contributed by atoms with Gasteiger partial charge in [-0.1, -0.05) is 136 Å². The quantitative estimate of drug-likeness (QED) is 0.0287. The number of aliphatic hydroxyl groups is 1. The molecule has 0 spiro atoms. The minimum absolute atomic E-state index is 0.00803. The van der Waals surface area contributed by atoms with Gasteiger partial charge in [0.1, 0.15) is 0 Å². The van der Waals surface area contributed by atoms with Gasteiger partial charge in [0.25, 0.3) is 0 Å². The highest BCUT2D eigenvalue weighted by molar-refractivity contribution is 5.70. The van der Waals surface area contributed by atoms with Crippen LogP contribution >= 0.6 is 0 Å². The maximum atomic E-state index is 12.5. The van der Waals surface area contributed by atoms with Gasteiger partial charge in [0.2, 0.25) is 0 Å². The van der Waals surface area contributed by atoms with Crippen molar-refractivity contribution in [2.45, 2.75) is 200 Å². The summed E-state index contributed by atoms with van der Waals surface area (Å²) < 4.78 is 28.1. The molecule has 0 aliphatic carbocycles. The average Bonchev–Trinajstić information content (AvgIpc) is 3.11. The standard InChI is InChI=1S/C41H78O9/c1-4-7-10-13-19-24-31-46-38(43)27-22-17-16-18-23-28-39(44)49-35-37(34-42)36-50-40(45)29-30-41(47-32-25-20-14-11-8-5-2)48-33-26-21-15-12-9-6-3/h37,41-42H,4-36H2,1-3H3. The van der Waals surface area contributed by atoms with E-state index in [1.54, 1.807) is 0 Å². The van der Waals surface area contributed by atoms with E-state index in [9.17, 15) is 19.5 Å². The Kier molecular flexibility index (Phi) is 37.2. The number of esters is 3. The summed E-state index contributed by atoms with van der Waals surface area (Å²) in [4.78, 5) is 36.6. The van der Waals surface area contributed by atoms with Crippen LogP contribution in [0.25, 0.3) is 0 Å². The Labute approximate surface area is 306 Å². The van der Waals surface area contributed by atoms with Gasteiger partial charge in [-0.15, -0.1) is 0 Å². The fraction of sp³-hybridized carbons (Fsp3) is 0.927. The molecular weight excluding hydrogens is 636 g/mol. The molecule has 0 aromatic carbocycles. The largest absolute Gasteiger partial charge is 0.466 e. The molecule has 0 bridgehead atoms. The van der Waals surface area contributed by atoms with Crippen molar-refractivity contribution in [1.82, 2.24) is 0 Å². The van der Waals surface area contributed by atoms with E-state index in [1.165, 1.54) is 77.0 Å². The first kappa shape index (κ1) is 48.3. The molecule has 0 fully saturated rings. The summed E-state index contributed by atoms with van der Waals surface area (Å²) in [7, 11) is 0. The lowest BCUT2D eigenvalue weighted by molar-refractivity contribution is -0.161. The third-order valence-corrected chi connectivity index (χ3v) is 8.93. The molecular formula is C41H78O9. The Morgan fingerprint density at radius 1 is 0.440 bits per heavy atom. The van der Waals surface area contributed by atoms with Crippen molar-refractivity contribution in [3.8, 4) is 0 Å². The summed E-state index contributed by atoms with van der Waals surface area (Å²) in [6, 6.07) is 0. The molecule has 0 heterocycles. The molecule has 0 aliphatic rings. The molecule has 0 aromatic rings. The van der Waals surface area contributed by atoms with Gasteiger partial charge < -0.3 is 28.8 Å². The number of carbonyl (C=O) groups is 3. The highest BCUT2D eigenvalue weighted by Gasteiger charge is 2.17. The third kappa shape index (κ3) is 34.7. The third-order valence-electron chi connectivity index (χ3n) is 8.93. The minimum Gasteiger partial charge on any atom is -0.466 e. The van der Waals surface area contributed by atoms with Crippen LogP contribution < -0.4 is 0 Å². The van der Waals surface area contributed by atoms with E-state index >= 15 is 0 Å². The van der Waals surface area contributed by atoms with E-state index in [-0.39, 0.29) is 44.1 Å². The zero-order chi connectivity index (χ0) is 36.8. The Morgan fingerprint density at radius 2 is 0.800 bits per heavy atom. The van der Waals surface area contributed by atoms with Crippen molar-refractivity contribution < 1.29 is 43.2 Å². The number of ether oxygens (including phenoxy) is 5. The number of carbonyl (C=O) groups excluding carboxylic acids is 3. The number of aliphatic hydroxyl groups excluding tert-OH is 1. The van der Waals surface area contributed by atoms with E-state index in [0.717, 1.165) is 64.2 Å². The van der Waals surface area contributed by atoms with Gasteiger partial charge in [0.05, 0.1) is 38.8 Å². The molecule has 0 saturated carbocycles. The Bertz CT molecular complexity index is 742. The van der Waals surface area contributed by atoms with Crippen LogP contribution in [0.15, 0.2) is 0 Å². The van der Waals surface area contributed by atoms with Gasteiger partial charge in [0, 0.05) is 32.5 Å². The summed E-state index contributed by atoms with van der Waals surface area (Å²) in [6.07, 6.45) is 26.4. The summed E-state index contributed by atoms with van der Waals surface area (Å²) in [5.41, 5.74) is 0. The molecule has 9 nitrogen and oxygen atoms in total. The van der Waals surface area contributed by atoms with Crippen LogP contribution in [0, 0.1) is 5.92 Å². The van der Waals surface area contributed by atoms with Gasteiger partial charge in [-0.2, -0.15) is 0 Å². The molecule has 1 N–H and O–H groups in total. The molecule has 50 heavy (non-hydrogen) atoms. The monoisotopic (exact) mass is 715 g/mol. The first-order valence-electron chi connectivity index (χ1n) is 20.8. The molecule has 0 aromatic heterocycles. The Balaban J connectivity index is 4.10. The van der Waals surface area contributed by atoms with Crippen LogP contribution in [0.4, 0.5) is 0 Å². The van der Waals surface area contributed by atoms with Gasteiger partial charge in [-0.25, -0.2) is 0 Å². The van der Waals surface area contributed by atoms with Crippen molar-refractivity contribution >= 4 is 17.9 Å². The van der Waals surface area contributed by atoms with E-state index in [0.29, 0.717) is 45.5 Å². The van der Waals surface area contributed by atoms with E-state index in [4.69, 9.17) is 23.7 Å². The lowest BCUT2D eigenvalue weighted by atomic mass is 10.1. The fourth-order valence-electron chi connectivity index (χ4n) is 5.57. The van der Waals surface area contributed by atoms with Crippen molar-refractivity contribution in [1.29, 1.82) is 0 Å². The fourth-order valence-corrected chi connectivity index (χ4v) is 5.57. The van der Waals surface area contributed by atoms with E-state index in [2.05, 4.69) is 20.8 Å². The second-order valence-corrected chi connectivity index (χ2v) is 13.9. The smallest absolute Gasteiger partial charge is 0.305 e. The Hall–Kier alpha value is -1.71. The van der Waals surface area contributed by atoms with Crippen LogP contribution in [0.2, 0.25) is 0 Å².